The van der Waals surface area contributed by atoms with Crippen LogP contribution in [0.4, 0.5) is 0 Å². The molecule has 3 heteroatoms. The van der Waals surface area contributed by atoms with E-state index in [0.717, 1.165) is 12.8 Å². The topological polar surface area (TPSA) is 49.7 Å². The van der Waals surface area contributed by atoms with E-state index in [-0.39, 0.29) is 6.42 Å². The van der Waals surface area contributed by atoms with Crippen LogP contribution in [-0.4, -0.2) is 29.7 Å². The molecule has 0 aliphatic carbocycles. The second-order valence-electron chi connectivity index (χ2n) is 3.47. The van der Waals surface area contributed by atoms with Gasteiger partial charge in [0.2, 0.25) is 0 Å². The van der Waals surface area contributed by atoms with Crippen LogP contribution < -0.4 is 0 Å². The fourth-order valence-electron chi connectivity index (χ4n) is 1.31. The largest absolute Gasteiger partial charge is 0.381 e. The van der Waals surface area contributed by atoms with E-state index in [1.54, 1.807) is 0 Å². The van der Waals surface area contributed by atoms with E-state index in [1.807, 2.05) is 18.2 Å². The van der Waals surface area contributed by atoms with Crippen molar-refractivity contribution in [3.05, 3.63) is 35.9 Å². The second kappa shape index (κ2) is 7.40. The fraction of sp³-hybridized carbons (Fsp3) is 0.500. The summed E-state index contributed by atoms with van der Waals surface area (Å²) in [7, 11) is 0. The summed E-state index contributed by atoms with van der Waals surface area (Å²) in [6, 6.07) is 10.2. The first-order chi connectivity index (χ1) is 7.29. The van der Waals surface area contributed by atoms with Crippen molar-refractivity contribution in [1.82, 2.24) is 0 Å². The van der Waals surface area contributed by atoms with E-state index in [9.17, 15) is 0 Å². The third-order valence-corrected chi connectivity index (χ3v) is 2.12. The highest BCUT2D eigenvalue weighted by molar-refractivity contribution is 5.14. The van der Waals surface area contributed by atoms with Gasteiger partial charge in [-0.3, -0.25) is 0 Å². The first-order valence-corrected chi connectivity index (χ1v) is 5.27. The molecule has 0 heterocycles. The van der Waals surface area contributed by atoms with Gasteiger partial charge in [-0.1, -0.05) is 30.3 Å². The van der Waals surface area contributed by atoms with Gasteiger partial charge in [0, 0.05) is 13.0 Å². The number of aliphatic hydroxyl groups excluding tert-OH is 1. The molecule has 0 amide bonds. The van der Waals surface area contributed by atoms with Crippen molar-refractivity contribution in [1.29, 1.82) is 0 Å². The van der Waals surface area contributed by atoms with Crippen LogP contribution in [0.15, 0.2) is 30.3 Å². The molecule has 0 radical (unpaired) electrons. The Morgan fingerprint density at radius 3 is 2.47 bits per heavy atom. The minimum Gasteiger partial charge on any atom is -0.381 e. The van der Waals surface area contributed by atoms with Crippen LogP contribution in [0.2, 0.25) is 0 Å². The molecule has 84 valence electrons. The molecule has 0 unspecified atom stereocenters. The van der Waals surface area contributed by atoms with Crippen LogP contribution in [0.3, 0.4) is 0 Å². The van der Waals surface area contributed by atoms with Crippen molar-refractivity contribution in [3.8, 4) is 0 Å². The van der Waals surface area contributed by atoms with Gasteiger partial charge in [0.1, 0.15) is 0 Å². The van der Waals surface area contributed by atoms with E-state index in [4.69, 9.17) is 14.9 Å². The lowest BCUT2D eigenvalue weighted by molar-refractivity contribution is -0.0610. The third-order valence-electron chi connectivity index (χ3n) is 2.12. The lowest BCUT2D eigenvalue weighted by Gasteiger charge is -2.05. The molecule has 1 aromatic rings. The van der Waals surface area contributed by atoms with Gasteiger partial charge in [0.25, 0.3) is 0 Å². The first kappa shape index (κ1) is 12.2. The van der Waals surface area contributed by atoms with Crippen molar-refractivity contribution in [2.24, 2.45) is 0 Å². The average molecular weight is 210 g/mol. The summed E-state index contributed by atoms with van der Waals surface area (Å²) in [5.74, 6) is 0. The third kappa shape index (κ3) is 6.23. The average Bonchev–Trinajstić information content (AvgIpc) is 2.24. The van der Waals surface area contributed by atoms with Gasteiger partial charge in [-0.25, -0.2) is 0 Å². The molecular formula is C12H18O3. The quantitative estimate of drug-likeness (QED) is 0.527. The number of hydrogen-bond acceptors (Lipinski definition) is 3. The normalized spacial score (nSPS) is 10.9. The lowest BCUT2D eigenvalue weighted by atomic mass is 10.1. The molecule has 0 aromatic heterocycles. The van der Waals surface area contributed by atoms with Crippen LogP contribution >= 0.6 is 0 Å². The standard InChI is InChI=1S/C12H18O3/c13-12(14)8-10-15-9-4-7-11-5-2-1-3-6-11/h1-3,5-6,12-14H,4,7-10H2. The Hall–Kier alpha value is -0.900. The number of aliphatic hydroxyl groups is 2. The first-order valence-electron chi connectivity index (χ1n) is 5.27. The Morgan fingerprint density at radius 1 is 1.07 bits per heavy atom. The summed E-state index contributed by atoms with van der Waals surface area (Å²) in [6.45, 7) is 1.08. The van der Waals surface area contributed by atoms with Gasteiger partial charge in [0.15, 0.2) is 6.29 Å². The number of ether oxygens (including phenoxy) is 1. The van der Waals surface area contributed by atoms with Crippen LogP contribution in [0.25, 0.3) is 0 Å². The molecule has 2 N–H and O–H groups in total. The Morgan fingerprint density at radius 2 is 1.80 bits per heavy atom. The molecule has 0 aliphatic rings. The van der Waals surface area contributed by atoms with Crippen LogP contribution in [0, 0.1) is 0 Å². The summed E-state index contributed by atoms with van der Waals surface area (Å²) in [5.41, 5.74) is 1.31. The Bertz CT molecular complexity index is 246. The smallest absolute Gasteiger partial charge is 0.153 e. The van der Waals surface area contributed by atoms with Gasteiger partial charge < -0.3 is 14.9 Å². The number of rotatable bonds is 7. The molecule has 0 saturated carbocycles. The number of aryl methyl sites for hydroxylation is 1. The van der Waals surface area contributed by atoms with Gasteiger partial charge in [-0.15, -0.1) is 0 Å². The highest BCUT2D eigenvalue weighted by atomic mass is 16.5. The summed E-state index contributed by atoms with van der Waals surface area (Å²) in [5, 5.41) is 17.1. The van der Waals surface area contributed by atoms with Crippen molar-refractivity contribution >= 4 is 0 Å². The molecule has 15 heavy (non-hydrogen) atoms. The lowest BCUT2D eigenvalue weighted by Crippen LogP contribution is -2.09. The van der Waals surface area contributed by atoms with Crippen LogP contribution in [0.5, 0.6) is 0 Å². The maximum Gasteiger partial charge on any atom is 0.153 e. The molecule has 0 atom stereocenters. The van der Waals surface area contributed by atoms with Crippen LogP contribution in [0.1, 0.15) is 18.4 Å². The van der Waals surface area contributed by atoms with Gasteiger partial charge in [0.05, 0.1) is 6.61 Å². The molecule has 3 nitrogen and oxygen atoms in total. The zero-order valence-electron chi connectivity index (χ0n) is 8.80. The predicted octanol–water partition coefficient (Wildman–Crippen LogP) is 1.34. The molecule has 0 saturated heterocycles. The maximum atomic E-state index is 8.56. The zero-order valence-corrected chi connectivity index (χ0v) is 8.80. The SMILES string of the molecule is OC(O)CCOCCCc1ccccc1. The fourth-order valence-corrected chi connectivity index (χ4v) is 1.31. The van der Waals surface area contributed by atoms with Crippen molar-refractivity contribution in [3.63, 3.8) is 0 Å². The minimum atomic E-state index is -1.25. The van der Waals surface area contributed by atoms with Crippen molar-refractivity contribution in [2.75, 3.05) is 13.2 Å². The summed E-state index contributed by atoms with van der Waals surface area (Å²) in [4.78, 5) is 0. The number of benzene rings is 1. The molecular weight excluding hydrogens is 192 g/mol. The van der Waals surface area contributed by atoms with Gasteiger partial charge in [-0.2, -0.15) is 0 Å². The van der Waals surface area contributed by atoms with Crippen molar-refractivity contribution < 1.29 is 14.9 Å². The zero-order chi connectivity index (χ0) is 10.9. The Balaban J connectivity index is 1.98. The van der Waals surface area contributed by atoms with E-state index in [1.165, 1.54) is 5.56 Å². The highest BCUT2D eigenvalue weighted by Gasteiger charge is 1.97. The maximum absolute atomic E-state index is 8.56. The molecule has 1 aromatic carbocycles. The van der Waals surface area contributed by atoms with Gasteiger partial charge in [-0.05, 0) is 18.4 Å². The van der Waals surface area contributed by atoms with E-state index >= 15 is 0 Å². The van der Waals surface area contributed by atoms with Gasteiger partial charge >= 0.3 is 0 Å². The highest BCUT2D eigenvalue weighted by Crippen LogP contribution is 2.02. The second-order valence-corrected chi connectivity index (χ2v) is 3.47. The molecule has 1 rings (SSSR count). The van der Waals surface area contributed by atoms with E-state index in [0.29, 0.717) is 13.2 Å². The van der Waals surface area contributed by atoms with E-state index in [2.05, 4.69) is 12.1 Å². The van der Waals surface area contributed by atoms with Crippen LogP contribution in [-0.2, 0) is 11.2 Å². The molecule has 0 aliphatic heterocycles. The predicted molar refractivity (Wildman–Crippen MR) is 58.4 cm³/mol. The molecule has 0 spiro atoms. The summed E-state index contributed by atoms with van der Waals surface area (Å²) in [6.07, 6.45) is 0.999. The van der Waals surface area contributed by atoms with E-state index < -0.39 is 6.29 Å². The Labute approximate surface area is 90.3 Å². The molecule has 0 fully saturated rings. The Kier molecular flexibility index (Phi) is 6.00. The molecule has 0 bridgehead atoms. The monoisotopic (exact) mass is 210 g/mol. The number of hydrogen-bond donors (Lipinski definition) is 2. The summed E-state index contributed by atoms with van der Waals surface area (Å²) >= 11 is 0. The summed E-state index contributed by atoms with van der Waals surface area (Å²) < 4.78 is 5.25. The van der Waals surface area contributed by atoms with Crippen molar-refractivity contribution in [2.45, 2.75) is 25.6 Å². The minimum absolute atomic E-state index is 0.283.